The van der Waals surface area contributed by atoms with Crippen LogP contribution >= 0.6 is 0 Å². The number of ether oxygens (including phenoxy) is 2. The highest BCUT2D eigenvalue weighted by molar-refractivity contribution is 6.04. The van der Waals surface area contributed by atoms with Gasteiger partial charge in [0.1, 0.15) is 29.6 Å². The van der Waals surface area contributed by atoms with Gasteiger partial charge in [-0.15, -0.1) is 0 Å². The highest BCUT2D eigenvalue weighted by Crippen LogP contribution is 2.28. The summed E-state index contributed by atoms with van der Waals surface area (Å²) in [5.74, 6) is 0.304. The lowest BCUT2D eigenvalue weighted by atomic mass is 10.1. The number of benzene rings is 2. The van der Waals surface area contributed by atoms with Crippen molar-refractivity contribution < 1.29 is 29.2 Å². The largest absolute Gasteiger partial charge is 0.462 e. The molecule has 0 saturated carbocycles. The van der Waals surface area contributed by atoms with Crippen molar-refractivity contribution in [3.05, 3.63) is 52.9 Å². The molecule has 0 radical (unpaired) electrons. The van der Waals surface area contributed by atoms with E-state index in [0.29, 0.717) is 16.7 Å². The van der Waals surface area contributed by atoms with Crippen molar-refractivity contribution in [3.8, 4) is 5.75 Å². The Morgan fingerprint density at radius 1 is 0.960 bits per heavy atom. The Morgan fingerprint density at radius 2 is 1.72 bits per heavy atom. The van der Waals surface area contributed by atoms with Crippen LogP contribution in [0.5, 0.6) is 5.75 Å². The van der Waals surface area contributed by atoms with Crippen LogP contribution in [0.1, 0.15) is 0 Å². The standard InChI is InChI=1S/C18H16O7/c19-13-8-23-18(16(21)15(13)20)24-9-5-6-11-10-3-1-2-4-12(10)17(22)25-14(11)7-9/h1-7,13,15-16,18-21H,8H2/t13-,15+,16-,18-/m1/s1. The van der Waals surface area contributed by atoms with Gasteiger partial charge in [-0.05, 0) is 23.6 Å². The van der Waals surface area contributed by atoms with Gasteiger partial charge in [0.05, 0.1) is 12.0 Å². The molecule has 1 saturated heterocycles. The molecule has 1 aliphatic heterocycles. The van der Waals surface area contributed by atoms with Crippen molar-refractivity contribution in [2.75, 3.05) is 6.61 Å². The van der Waals surface area contributed by atoms with Crippen LogP contribution in [-0.2, 0) is 4.74 Å². The highest BCUT2D eigenvalue weighted by atomic mass is 16.7. The first-order valence-corrected chi connectivity index (χ1v) is 7.82. The molecule has 0 unspecified atom stereocenters. The van der Waals surface area contributed by atoms with Gasteiger partial charge in [0.15, 0.2) is 0 Å². The first kappa shape index (κ1) is 16.0. The Balaban J connectivity index is 1.70. The Morgan fingerprint density at radius 3 is 2.52 bits per heavy atom. The second-order valence-corrected chi connectivity index (χ2v) is 5.96. The molecule has 3 N–H and O–H groups in total. The van der Waals surface area contributed by atoms with Crippen LogP contribution in [-0.4, -0.2) is 46.5 Å². The second kappa shape index (κ2) is 6.12. The van der Waals surface area contributed by atoms with Crippen LogP contribution in [0, 0.1) is 0 Å². The zero-order valence-corrected chi connectivity index (χ0v) is 13.0. The summed E-state index contributed by atoms with van der Waals surface area (Å²) in [4.78, 5) is 12.1. The summed E-state index contributed by atoms with van der Waals surface area (Å²) in [6.45, 7) is -0.157. The molecular weight excluding hydrogens is 328 g/mol. The number of aliphatic hydroxyl groups is 3. The van der Waals surface area contributed by atoms with Gasteiger partial charge in [-0.2, -0.15) is 0 Å². The summed E-state index contributed by atoms with van der Waals surface area (Å²) in [5, 5.41) is 31.1. The minimum atomic E-state index is -1.40. The maximum atomic E-state index is 12.1. The quantitative estimate of drug-likeness (QED) is 0.465. The fourth-order valence-corrected chi connectivity index (χ4v) is 2.95. The van der Waals surface area contributed by atoms with Crippen LogP contribution in [0.4, 0.5) is 0 Å². The van der Waals surface area contributed by atoms with E-state index in [1.807, 2.05) is 12.1 Å². The SMILES string of the molecule is O=c1oc2cc(O[C@H]3OC[C@@H](O)[C@H](O)[C@H]3O)ccc2c2ccccc12. The maximum absolute atomic E-state index is 12.1. The lowest BCUT2D eigenvalue weighted by molar-refractivity contribution is -0.242. The molecule has 4 rings (SSSR count). The molecule has 0 aliphatic carbocycles. The normalized spacial score (nSPS) is 26.8. The van der Waals surface area contributed by atoms with Crippen LogP contribution in [0.2, 0.25) is 0 Å². The molecule has 1 aromatic heterocycles. The minimum Gasteiger partial charge on any atom is -0.462 e. The van der Waals surface area contributed by atoms with Gasteiger partial charge in [0.2, 0.25) is 6.29 Å². The second-order valence-electron chi connectivity index (χ2n) is 5.96. The van der Waals surface area contributed by atoms with E-state index in [1.165, 1.54) is 6.07 Å². The third-order valence-electron chi connectivity index (χ3n) is 4.30. The summed E-state index contributed by atoms with van der Waals surface area (Å²) in [5.41, 5.74) is -0.111. The van der Waals surface area contributed by atoms with Crippen LogP contribution in [0.15, 0.2) is 51.7 Å². The molecule has 7 heteroatoms. The summed E-state index contributed by atoms with van der Waals surface area (Å²) < 4.78 is 16.1. The molecule has 25 heavy (non-hydrogen) atoms. The average molecular weight is 344 g/mol. The zero-order valence-electron chi connectivity index (χ0n) is 13.0. The zero-order chi connectivity index (χ0) is 17.6. The maximum Gasteiger partial charge on any atom is 0.344 e. The molecule has 0 bridgehead atoms. The molecule has 1 aliphatic rings. The third-order valence-corrected chi connectivity index (χ3v) is 4.30. The van der Waals surface area contributed by atoms with E-state index < -0.39 is 30.2 Å². The molecule has 3 aromatic rings. The van der Waals surface area contributed by atoms with Gasteiger partial charge in [-0.25, -0.2) is 4.79 Å². The number of hydrogen-bond donors (Lipinski definition) is 3. The Labute approximate surface area is 141 Å². The molecule has 7 nitrogen and oxygen atoms in total. The van der Waals surface area contributed by atoms with E-state index in [9.17, 15) is 20.1 Å². The summed E-state index contributed by atoms with van der Waals surface area (Å²) in [6, 6.07) is 12.1. The van der Waals surface area contributed by atoms with Crippen molar-refractivity contribution >= 4 is 21.7 Å². The van der Waals surface area contributed by atoms with E-state index in [2.05, 4.69) is 0 Å². The first-order chi connectivity index (χ1) is 12.0. The van der Waals surface area contributed by atoms with Crippen molar-refractivity contribution in [2.24, 2.45) is 0 Å². The van der Waals surface area contributed by atoms with Crippen LogP contribution in [0.3, 0.4) is 0 Å². The van der Waals surface area contributed by atoms with Crippen molar-refractivity contribution in [1.82, 2.24) is 0 Å². The van der Waals surface area contributed by atoms with Crippen LogP contribution in [0.25, 0.3) is 21.7 Å². The van der Waals surface area contributed by atoms with Crippen molar-refractivity contribution in [1.29, 1.82) is 0 Å². The topological polar surface area (TPSA) is 109 Å². The van der Waals surface area contributed by atoms with E-state index in [0.717, 1.165) is 10.8 Å². The van der Waals surface area contributed by atoms with Crippen molar-refractivity contribution in [2.45, 2.75) is 24.6 Å². The van der Waals surface area contributed by atoms with E-state index in [-0.39, 0.29) is 6.61 Å². The smallest absolute Gasteiger partial charge is 0.344 e. The third kappa shape index (κ3) is 2.77. The number of rotatable bonds is 2. The minimum absolute atomic E-state index is 0.157. The Kier molecular flexibility index (Phi) is 3.93. The Hall–Kier alpha value is -2.45. The van der Waals surface area contributed by atoms with Gasteiger partial charge in [0, 0.05) is 11.5 Å². The molecule has 2 aromatic carbocycles. The van der Waals surface area contributed by atoms with E-state index in [4.69, 9.17) is 13.9 Å². The molecule has 2 heterocycles. The molecule has 0 spiro atoms. The summed E-state index contributed by atoms with van der Waals surface area (Å²) >= 11 is 0. The van der Waals surface area contributed by atoms with Crippen LogP contribution < -0.4 is 10.4 Å². The molecule has 1 fully saturated rings. The Bertz CT molecular complexity index is 980. The van der Waals surface area contributed by atoms with E-state index in [1.54, 1.807) is 24.3 Å². The van der Waals surface area contributed by atoms with Gasteiger partial charge in [-0.3, -0.25) is 0 Å². The lowest BCUT2D eigenvalue weighted by Gasteiger charge is -2.34. The number of aliphatic hydroxyl groups excluding tert-OH is 3. The predicted molar refractivity (Wildman–Crippen MR) is 88.4 cm³/mol. The summed E-state index contributed by atoms with van der Waals surface area (Å²) in [6.07, 6.45) is -5.07. The highest BCUT2D eigenvalue weighted by Gasteiger charge is 2.39. The fraction of sp³-hybridized carbons (Fsp3) is 0.278. The average Bonchev–Trinajstić information content (AvgIpc) is 2.62. The van der Waals surface area contributed by atoms with Gasteiger partial charge < -0.3 is 29.2 Å². The molecule has 4 atom stereocenters. The molecular formula is C18H16O7. The fourth-order valence-electron chi connectivity index (χ4n) is 2.95. The van der Waals surface area contributed by atoms with E-state index >= 15 is 0 Å². The van der Waals surface area contributed by atoms with Crippen molar-refractivity contribution in [3.63, 3.8) is 0 Å². The van der Waals surface area contributed by atoms with Gasteiger partial charge in [0.25, 0.3) is 0 Å². The van der Waals surface area contributed by atoms with Gasteiger partial charge >= 0.3 is 5.63 Å². The lowest BCUT2D eigenvalue weighted by Crippen LogP contribution is -2.54. The molecule has 0 amide bonds. The number of hydrogen-bond acceptors (Lipinski definition) is 7. The summed E-state index contributed by atoms with van der Waals surface area (Å²) in [7, 11) is 0. The molecule has 130 valence electrons. The van der Waals surface area contributed by atoms with Gasteiger partial charge in [-0.1, -0.05) is 18.2 Å². The number of fused-ring (bicyclic) bond motifs is 3. The monoisotopic (exact) mass is 344 g/mol. The first-order valence-electron chi connectivity index (χ1n) is 7.82. The predicted octanol–water partition coefficient (Wildman–Crippen LogP) is 0.764.